The average molecular weight is 403 g/mol. The summed E-state index contributed by atoms with van der Waals surface area (Å²) in [5, 5.41) is 6.17. The summed E-state index contributed by atoms with van der Waals surface area (Å²) in [6.45, 7) is 1.88. The standard InChI is InChI=1S/C18H19ClN6O3/c1-20-18(27)14-4-12(22-9-23-14)13-2-10(3-16(19)24-13)15-6-21-5-11-7-28-8-17(26)25(11)15/h2-4,9,11,15,21H,5-8H2,1H3,(H,20,27). The van der Waals surface area contributed by atoms with Gasteiger partial charge in [-0.1, -0.05) is 11.6 Å². The third-order valence-electron chi connectivity index (χ3n) is 4.86. The minimum atomic E-state index is -0.316. The number of morpholine rings is 1. The van der Waals surface area contributed by atoms with Gasteiger partial charge in [0.15, 0.2) is 0 Å². The van der Waals surface area contributed by atoms with Gasteiger partial charge in [0, 0.05) is 20.1 Å². The van der Waals surface area contributed by atoms with Gasteiger partial charge in [0.25, 0.3) is 5.91 Å². The van der Waals surface area contributed by atoms with E-state index in [9.17, 15) is 9.59 Å². The number of hydrogen-bond acceptors (Lipinski definition) is 7. The Hall–Kier alpha value is -2.62. The molecule has 2 atom stereocenters. The fourth-order valence-electron chi connectivity index (χ4n) is 3.58. The molecule has 4 rings (SSSR count). The molecule has 2 N–H and O–H groups in total. The van der Waals surface area contributed by atoms with Gasteiger partial charge in [-0.15, -0.1) is 0 Å². The Balaban J connectivity index is 1.71. The summed E-state index contributed by atoms with van der Waals surface area (Å²) in [5.74, 6) is -0.356. The molecule has 2 fully saturated rings. The van der Waals surface area contributed by atoms with Crippen molar-refractivity contribution >= 4 is 23.4 Å². The Morgan fingerprint density at radius 3 is 2.96 bits per heavy atom. The molecule has 146 valence electrons. The molecule has 10 heteroatoms. The molecule has 2 aliphatic heterocycles. The van der Waals surface area contributed by atoms with Crippen LogP contribution in [0.2, 0.25) is 5.15 Å². The minimum absolute atomic E-state index is 0.0192. The molecule has 0 aliphatic carbocycles. The van der Waals surface area contributed by atoms with Gasteiger partial charge in [-0.3, -0.25) is 9.59 Å². The molecule has 2 unspecified atom stereocenters. The molecule has 0 radical (unpaired) electrons. The number of rotatable bonds is 3. The van der Waals surface area contributed by atoms with Crippen molar-refractivity contribution in [1.82, 2.24) is 30.5 Å². The topological polar surface area (TPSA) is 109 Å². The SMILES string of the molecule is CNC(=O)c1cc(-c2cc(C3CNCC4COCC(=O)N43)cc(Cl)n2)ncn1. The van der Waals surface area contributed by atoms with Crippen LogP contribution in [0.3, 0.4) is 0 Å². The van der Waals surface area contributed by atoms with E-state index >= 15 is 0 Å². The van der Waals surface area contributed by atoms with Gasteiger partial charge in [-0.05, 0) is 23.8 Å². The highest BCUT2D eigenvalue weighted by Gasteiger charge is 2.38. The maximum Gasteiger partial charge on any atom is 0.269 e. The molecule has 2 aromatic heterocycles. The van der Waals surface area contributed by atoms with Crippen LogP contribution in [0.25, 0.3) is 11.4 Å². The third-order valence-corrected chi connectivity index (χ3v) is 5.05. The number of fused-ring (bicyclic) bond motifs is 1. The fourth-order valence-corrected chi connectivity index (χ4v) is 3.80. The van der Waals surface area contributed by atoms with Crippen molar-refractivity contribution in [3.8, 4) is 11.4 Å². The predicted octanol–water partition coefficient (Wildman–Crippen LogP) is 0.423. The lowest BCUT2D eigenvalue weighted by molar-refractivity contribution is -0.154. The predicted molar refractivity (Wildman–Crippen MR) is 101 cm³/mol. The number of amides is 2. The Morgan fingerprint density at radius 1 is 1.29 bits per heavy atom. The highest BCUT2D eigenvalue weighted by Crippen LogP contribution is 2.31. The highest BCUT2D eigenvalue weighted by atomic mass is 35.5. The van der Waals surface area contributed by atoms with Crippen LogP contribution in [-0.2, 0) is 9.53 Å². The Morgan fingerprint density at radius 2 is 2.14 bits per heavy atom. The number of pyridine rings is 1. The summed E-state index contributed by atoms with van der Waals surface area (Å²) in [6, 6.07) is 4.95. The first kappa shape index (κ1) is 18.7. The molecule has 28 heavy (non-hydrogen) atoms. The zero-order chi connectivity index (χ0) is 19.7. The first-order chi connectivity index (χ1) is 13.6. The van der Waals surface area contributed by atoms with Gasteiger partial charge in [0.2, 0.25) is 5.91 Å². The van der Waals surface area contributed by atoms with Crippen LogP contribution in [0.4, 0.5) is 0 Å². The molecule has 0 bridgehead atoms. The van der Waals surface area contributed by atoms with Gasteiger partial charge in [0.05, 0.1) is 30.1 Å². The van der Waals surface area contributed by atoms with E-state index in [1.54, 1.807) is 12.1 Å². The zero-order valence-corrected chi connectivity index (χ0v) is 15.9. The molecular formula is C18H19ClN6O3. The number of carbonyl (C=O) groups excluding carboxylic acids is 2. The highest BCUT2D eigenvalue weighted by molar-refractivity contribution is 6.29. The van der Waals surface area contributed by atoms with Crippen LogP contribution >= 0.6 is 11.6 Å². The third kappa shape index (κ3) is 3.56. The second kappa shape index (κ2) is 7.78. The molecule has 2 saturated heterocycles. The first-order valence-corrected chi connectivity index (χ1v) is 9.26. The molecule has 0 aromatic carbocycles. The van der Waals surface area contributed by atoms with E-state index in [0.29, 0.717) is 31.1 Å². The molecule has 4 heterocycles. The second-order valence-electron chi connectivity index (χ2n) is 6.62. The quantitative estimate of drug-likeness (QED) is 0.716. The van der Waals surface area contributed by atoms with Crippen molar-refractivity contribution in [2.24, 2.45) is 0 Å². The Labute approximate surface area is 166 Å². The van der Waals surface area contributed by atoms with E-state index in [-0.39, 0.29) is 41.4 Å². The first-order valence-electron chi connectivity index (χ1n) is 8.88. The van der Waals surface area contributed by atoms with Crippen molar-refractivity contribution in [3.63, 3.8) is 0 Å². The van der Waals surface area contributed by atoms with E-state index in [0.717, 1.165) is 5.56 Å². The maximum absolute atomic E-state index is 12.5. The summed E-state index contributed by atoms with van der Waals surface area (Å²) in [4.78, 5) is 38.7. The molecular weight excluding hydrogens is 384 g/mol. The summed E-state index contributed by atoms with van der Waals surface area (Å²) in [7, 11) is 1.53. The number of aromatic nitrogens is 3. The lowest BCUT2D eigenvalue weighted by atomic mass is 9.99. The van der Waals surface area contributed by atoms with Gasteiger partial charge in [0.1, 0.15) is 23.8 Å². The van der Waals surface area contributed by atoms with E-state index in [1.165, 1.54) is 13.4 Å². The Kier molecular flexibility index (Phi) is 5.21. The number of nitrogens with zero attached hydrogens (tertiary/aromatic N) is 4. The minimum Gasteiger partial charge on any atom is -0.369 e. The summed E-state index contributed by atoms with van der Waals surface area (Å²) in [6.07, 6.45) is 1.31. The molecule has 9 nitrogen and oxygen atoms in total. The van der Waals surface area contributed by atoms with Crippen molar-refractivity contribution < 1.29 is 14.3 Å². The van der Waals surface area contributed by atoms with Crippen LogP contribution < -0.4 is 10.6 Å². The number of ether oxygens (including phenoxy) is 1. The van der Waals surface area contributed by atoms with Crippen LogP contribution in [0.1, 0.15) is 22.1 Å². The normalized spacial score (nSPS) is 21.9. The number of nitrogens with one attached hydrogen (secondary N) is 2. The largest absolute Gasteiger partial charge is 0.369 e. The second-order valence-corrected chi connectivity index (χ2v) is 7.01. The number of carbonyl (C=O) groups is 2. The zero-order valence-electron chi connectivity index (χ0n) is 15.2. The fraction of sp³-hybridized carbons (Fsp3) is 0.389. The number of halogens is 1. The smallest absolute Gasteiger partial charge is 0.269 e. The van der Waals surface area contributed by atoms with Crippen LogP contribution in [0.15, 0.2) is 24.5 Å². The van der Waals surface area contributed by atoms with E-state index in [1.807, 2.05) is 11.0 Å². The van der Waals surface area contributed by atoms with Crippen LogP contribution in [0, 0.1) is 0 Å². The van der Waals surface area contributed by atoms with Gasteiger partial charge in [-0.25, -0.2) is 15.0 Å². The van der Waals surface area contributed by atoms with E-state index in [4.69, 9.17) is 16.3 Å². The van der Waals surface area contributed by atoms with Gasteiger partial charge < -0.3 is 20.3 Å². The van der Waals surface area contributed by atoms with Crippen molar-refractivity contribution in [3.05, 3.63) is 40.9 Å². The summed E-state index contributed by atoms with van der Waals surface area (Å²) in [5.41, 5.74) is 2.07. The number of hydrogen-bond donors (Lipinski definition) is 2. The van der Waals surface area contributed by atoms with Crippen molar-refractivity contribution in [2.45, 2.75) is 12.1 Å². The molecule has 0 spiro atoms. The molecule has 2 aliphatic rings. The average Bonchev–Trinajstić information content (AvgIpc) is 2.72. The molecule has 0 saturated carbocycles. The maximum atomic E-state index is 12.5. The van der Waals surface area contributed by atoms with Crippen molar-refractivity contribution in [1.29, 1.82) is 0 Å². The lowest BCUT2D eigenvalue weighted by Crippen LogP contribution is -2.60. The van der Waals surface area contributed by atoms with Gasteiger partial charge in [-0.2, -0.15) is 0 Å². The lowest BCUT2D eigenvalue weighted by Gasteiger charge is -2.45. The summed E-state index contributed by atoms with van der Waals surface area (Å²) >= 11 is 6.28. The van der Waals surface area contributed by atoms with Crippen molar-refractivity contribution in [2.75, 3.05) is 33.4 Å². The molecule has 2 amide bonds. The van der Waals surface area contributed by atoms with Gasteiger partial charge >= 0.3 is 0 Å². The van der Waals surface area contributed by atoms with E-state index in [2.05, 4.69) is 25.6 Å². The monoisotopic (exact) mass is 402 g/mol. The molecule has 2 aromatic rings. The Bertz CT molecular complexity index is 922. The van der Waals surface area contributed by atoms with E-state index < -0.39 is 0 Å². The summed E-state index contributed by atoms with van der Waals surface area (Å²) < 4.78 is 5.37. The number of piperazine rings is 1. The van der Waals surface area contributed by atoms with Crippen LogP contribution in [-0.4, -0.2) is 71.1 Å². The van der Waals surface area contributed by atoms with Crippen LogP contribution in [0.5, 0.6) is 0 Å².